The highest BCUT2D eigenvalue weighted by atomic mass is 16.1. The third-order valence-corrected chi connectivity index (χ3v) is 4.81. The SMILES string of the molecule is Cc1ncc(CNC(=O)CCn2ccccc2=O)c(C2CCCN2C)n1. The first kappa shape index (κ1) is 18.3. The third kappa shape index (κ3) is 4.35. The summed E-state index contributed by atoms with van der Waals surface area (Å²) in [7, 11) is 2.11. The highest BCUT2D eigenvalue weighted by Gasteiger charge is 2.26. The topological polar surface area (TPSA) is 80.1 Å². The summed E-state index contributed by atoms with van der Waals surface area (Å²) in [6, 6.07) is 5.25. The summed E-state index contributed by atoms with van der Waals surface area (Å²) in [6.45, 7) is 3.72. The second-order valence-electron chi connectivity index (χ2n) is 6.73. The van der Waals surface area contributed by atoms with Crippen molar-refractivity contribution in [2.75, 3.05) is 13.6 Å². The first-order chi connectivity index (χ1) is 12.5. The van der Waals surface area contributed by atoms with Gasteiger partial charge in [0, 0.05) is 43.5 Å². The Bertz CT molecular complexity index is 833. The minimum atomic E-state index is -0.0983. The Morgan fingerprint density at radius 3 is 2.96 bits per heavy atom. The van der Waals surface area contributed by atoms with Gasteiger partial charge >= 0.3 is 0 Å². The summed E-state index contributed by atoms with van der Waals surface area (Å²) in [5.74, 6) is 0.658. The molecule has 26 heavy (non-hydrogen) atoms. The summed E-state index contributed by atoms with van der Waals surface area (Å²) in [4.78, 5) is 35.1. The quantitative estimate of drug-likeness (QED) is 0.848. The fourth-order valence-corrected chi connectivity index (χ4v) is 3.34. The molecule has 0 saturated carbocycles. The van der Waals surface area contributed by atoms with Crippen molar-refractivity contribution in [3.8, 4) is 0 Å². The summed E-state index contributed by atoms with van der Waals surface area (Å²) in [6.07, 6.45) is 5.99. The van der Waals surface area contributed by atoms with Crippen molar-refractivity contribution < 1.29 is 4.79 Å². The third-order valence-electron chi connectivity index (χ3n) is 4.81. The molecule has 3 heterocycles. The molecule has 1 saturated heterocycles. The van der Waals surface area contributed by atoms with Crippen LogP contribution in [-0.4, -0.2) is 38.9 Å². The van der Waals surface area contributed by atoms with Crippen LogP contribution in [0.2, 0.25) is 0 Å². The van der Waals surface area contributed by atoms with Gasteiger partial charge < -0.3 is 9.88 Å². The molecule has 0 radical (unpaired) electrons. The number of hydrogen-bond donors (Lipinski definition) is 1. The van der Waals surface area contributed by atoms with Gasteiger partial charge in [0.1, 0.15) is 5.82 Å². The molecule has 1 amide bonds. The van der Waals surface area contributed by atoms with Gasteiger partial charge in [-0.15, -0.1) is 0 Å². The Labute approximate surface area is 153 Å². The van der Waals surface area contributed by atoms with Gasteiger partial charge in [-0.2, -0.15) is 0 Å². The van der Waals surface area contributed by atoms with Gasteiger partial charge in [0.15, 0.2) is 0 Å². The standard InChI is InChI=1S/C19H25N5O2/c1-14-20-12-15(19(22-14)16-6-5-9-23(16)2)13-21-17(25)8-11-24-10-4-3-7-18(24)26/h3-4,7,10,12,16H,5-6,8-9,11,13H2,1-2H3,(H,21,25). The molecule has 0 aromatic carbocycles. The summed E-state index contributed by atoms with van der Waals surface area (Å²) < 4.78 is 1.54. The molecule has 0 bridgehead atoms. The van der Waals surface area contributed by atoms with Crippen molar-refractivity contribution >= 4 is 5.91 Å². The number of aryl methyl sites for hydroxylation is 2. The molecule has 7 heteroatoms. The normalized spacial score (nSPS) is 17.4. The molecule has 2 aromatic heterocycles. The van der Waals surface area contributed by atoms with E-state index in [1.165, 1.54) is 10.6 Å². The number of amides is 1. The van der Waals surface area contributed by atoms with Crippen LogP contribution >= 0.6 is 0 Å². The van der Waals surface area contributed by atoms with E-state index in [9.17, 15) is 9.59 Å². The van der Waals surface area contributed by atoms with Crippen molar-refractivity contribution in [2.24, 2.45) is 0 Å². The Morgan fingerprint density at radius 1 is 1.38 bits per heavy atom. The molecular weight excluding hydrogens is 330 g/mol. The molecule has 7 nitrogen and oxygen atoms in total. The molecule has 2 aromatic rings. The maximum Gasteiger partial charge on any atom is 0.250 e. The first-order valence-corrected chi connectivity index (χ1v) is 8.99. The molecule has 1 aliphatic rings. The summed E-state index contributed by atoms with van der Waals surface area (Å²) in [5.41, 5.74) is 1.87. The predicted octanol–water partition coefficient (Wildman–Crippen LogP) is 1.42. The van der Waals surface area contributed by atoms with E-state index in [1.807, 2.05) is 13.1 Å². The summed E-state index contributed by atoms with van der Waals surface area (Å²) >= 11 is 0. The average Bonchev–Trinajstić information content (AvgIpc) is 3.05. The van der Waals surface area contributed by atoms with E-state index < -0.39 is 0 Å². The Kier molecular flexibility index (Phi) is 5.78. The lowest BCUT2D eigenvalue weighted by atomic mass is 10.1. The molecule has 0 spiro atoms. The van der Waals surface area contributed by atoms with E-state index in [4.69, 9.17) is 0 Å². The number of rotatable bonds is 6. The van der Waals surface area contributed by atoms with Crippen LogP contribution in [0.25, 0.3) is 0 Å². The van der Waals surface area contributed by atoms with Crippen molar-refractivity contribution in [1.82, 2.24) is 24.8 Å². The van der Waals surface area contributed by atoms with E-state index in [1.54, 1.807) is 18.3 Å². The highest BCUT2D eigenvalue weighted by molar-refractivity contribution is 5.75. The first-order valence-electron chi connectivity index (χ1n) is 8.99. The molecule has 1 fully saturated rings. The van der Waals surface area contributed by atoms with Crippen LogP contribution < -0.4 is 10.9 Å². The van der Waals surface area contributed by atoms with Crippen LogP contribution in [0.4, 0.5) is 0 Å². The maximum absolute atomic E-state index is 12.2. The van der Waals surface area contributed by atoms with Crippen LogP contribution in [0.15, 0.2) is 35.4 Å². The molecule has 3 rings (SSSR count). The number of nitrogens with one attached hydrogen (secondary N) is 1. The van der Waals surface area contributed by atoms with E-state index in [0.717, 1.165) is 36.5 Å². The van der Waals surface area contributed by atoms with Gasteiger partial charge in [0.2, 0.25) is 5.91 Å². The fourth-order valence-electron chi connectivity index (χ4n) is 3.34. The number of pyridine rings is 1. The molecule has 0 aliphatic carbocycles. The Hall–Kier alpha value is -2.54. The van der Waals surface area contributed by atoms with Gasteiger partial charge in [-0.3, -0.25) is 14.5 Å². The van der Waals surface area contributed by atoms with Gasteiger partial charge in [-0.25, -0.2) is 9.97 Å². The summed E-state index contributed by atoms with van der Waals surface area (Å²) in [5, 5.41) is 2.93. The second-order valence-corrected chi connectivity index (χ2v) is 6.73. The van der Waals surface area contributed by atoms with E-state index in [0.29, 0.717) is 13.1 Å². The number of carbonyl (C=O) groups excluding carboxylic acids is 1. The monoisotopic (exact) mass is 355 g/mol. The van der Waals surface area contributed by atoms with Crippen molar-refractivity contribution in [3.05, 3.63) is 58.0 Å². The van der Waals surface area contributed by atoms with E-state index >= 15 is 0 Å². The zero-order valence-corrected chi connectivity index (χ0v) is 15.3. The van der Waals surface area contributed by atoms with Gasteiger partial charge in [-0.1, -0.05) is 6.07 Å². The largest absolute Gasteiger partial charge is 0.352 e. The number of nitrogens with zero attached hydrogens (tertiary/aromatic N) is 4. The average molecular weight is 355 g/mol. The molecule has 1 unspecified atom stereocenters. The molecular formula is C19H25N5O2. The smallest absolute Gasteiger partial charge is 0.250 e. The Morgan fingerprint density at radius 2 is 2.23 bits per heavy atom. The van der Waals surface area contributed by atoms with Gasteiger partial charge in [-0.05, 0) is 39.4 Å². The number of hydrogen-bond acceptors (Lipinski definition) is 5. The van der Waals surface area contributed by atoms with Crippen LogP contribution in [0.1, 0.15) is 42.4 Å². The van der Waals surface area contributed by atoms with Crippen LogP contribution in [-0.2, 0) is 17.9 Å². The molecule has 1 atom stereocenters. The molecule has 138 valence electrons. The number of aromatic nitrogens is 3. The number of carbonyl (C=O) groups is 1. The van der Waals surface area contributed by atoms with Crippen molar-refractivity contribution in [3.63, 3.8) is 0 Å². The lowest BCUT2D eigenvalue weighted by molar-refractivity contribution is -0.121. The lowest BCUT2D eigenvalue weighted by Gasteiger charge is -2.21. The molecule has 1 N–H and O–H groups in total. The van der Waals surface area contributed by atoms with Gasteiger partial charge in [0.25, 0.3) is 5.56 Å². The van der Waals surface area contributed by atoms with Crippen LogP contribution in [0.5, 0.6) is 0 Å². The number of likely N-dealkylation sites (tertiary alicyclic amines) is 1. The van der Waals surface area contributed by atoms with Gasteiger partial charge in [0.05, 0.1) is 11.7 Å². The minimum absolute atomic E-state index is 0.0907. The maximum atomic E-state index is 12.2. The molecule has 1 aliphatic heterocycles. The van der Waals surface area contributed by atoms with E-state index in [-0.39, 0.29) is 23.9 Å². The van der Waals surface area contributed by atoms with Crippen molar-refractivity contribution in [1.29, 1.82) is 0 Å². The van der Waals surface area contributed by atoms with Crippen molar-refractivity contribution in [2.45, 2.75) is 45.3 Å². The Balaban J connectivity index is 1.61. The van der Waals surface area contributed by atoms with Crippen LogP contribution in [0.3, 0.4) is 0 Å². The second kappa shape index (κ2) is 8.23. The predicted molar refractivity (Wildman–Crippen MR) is 98.5 cm³/mol. The lowest BCUT2D eigenvalue weighted by Crippen LogP contribution is -2.28. The highest BCUT2D eigenvalue weighted by Crippen LogP contribution is 2.30. The zero-order valence-electron chi connectivity index (χ0n) is 15.3. The fraction of sp³-hybridized carbons (Fsp3) is 0.474. The zero-order chi connectivity index (χ0) is 18.5. The minimum Gasteiger partial charge on any atom is -0.352 e. The van der Waals surface area contributed by atoms with E-state index in [2.05, 4.69) is 27.2 Å². The van der Waals surface area contributed by atoms with Crippen LogP contribution in [0, 0.1) is 6.92 Å².